The summed E-state index contributed by atoms with van der Waals surface area (Å²) >= 11 is 0. The molecule has 0 aromatic rings. The number of amides is 1. The summed E-state index contributed by atoms with van der Waals surface area (Å²) in [5, 5.41) is 2.85. The third kappa shape index (κ3) is 6.42. The van der Waals surface area contributed by atoms with Crippen molar-refractivity contribution in [2.45, 2.75) is 80.2 Å². The second-order valence-electron chi connectivity index (χ2n) is 8.35. The predicted octanol–water partition coefficient (Wildman–Crippen LogP) is 3.65. The molecule has 0 spiro atoms. The molecule has 0 saturated carbocycles. The normalized spacial score (nSPS) is 17.4. The minimum absolute atomic E-state index is 0.154. The third-order valence-corrected chi connectivity index (χ3v) is 6.41. The van der Waals surface area contributed by atoms with E-state index >= 15 is 0 Å². The van der Waals surface area contributed by atoms with Crippen molar-refractivity contribution < 1.29 is 17.8 Å². The molecule has 0 heterocycles. The molecule has 0 aromatic carbocycles. The first-order valence-corrected chi connectivity index (χ1v) is 9.99. The topological polar surface area (TPSA) is 83.5 Å². The lowest BCUT2D eigenvalue weighted by atomic mass is 9.60. The monoisotopic (exact) mass is 349 g/mol. The van der Waals surface area contributed by atoms with Gasteiger partial charge in [0.2, 0.25) is 5.91 Å². The van der Waals surface area contributed by atoms with E-state index in [1.54, 1.807) is 13.8 Å². The maximum Gasteiger partial charge on any atom is 0.267 e. The number of hydrogen-bond acceptors (Lipinski definition) is 3. The van der Waals surface area contributed by atoms with Gasteiger partial charge in [-0.25, -0.2) is 0 Å². The van der Waals surface area contributed by atoms with Gasteiger partial charge in [-0.05, 0) is 38.0 Å². The Kier molecular flexibility index (Phi) is 7.31. The molecule has 0 aliphatic rings. The Morgan fingerprint density at radius 2 is 1.61 bits per heavy atom. The Morgan fingerprint density at radius 1 is 1.13 bits per heavy atom. The predicted molar refractivity (Wildman–Crippen MR) is 94.9 cm³/mol. The van der Waals surface area contributed by atoms with Gasteiger partial charge in [0.15, 0.2) is 0 Å². The molecule has 2 N–H and O–H groups in total. The van der Waals surface area contributed by atoms with Crippen molar-refractivity contribution >= 4 is 16.0 Å². The van der Waals surface area contributed by atoms with E-state index < -0.39 is 26.8 Å². The number of carbonyl (C=O) groups excluding carboxylic acids is 1. The van der Waals surface area contributed by atoms with Crippen molar-refractivity contribution in [1.29, 1.82) is 0 Å². The van der Waals surface area contributed by atoms with E-state index in [1.165, 1.54) is 0 Å². The van der Waals surface area contributed by atoms with Gasteiger partial charge in [-0.15, -0.1) is 0 Å². The van der Waals surface area contributed by atoms with E-state index in [-0.39, 0.29) is 11.3 Å². The first kappa shape index (κ1) is 22.4. The zero-order chi connectivity index (χ0) is 18.7. The highest BCUT2D eigenvalue weighted by atomic mass is 32.2. The van der Waals surface area contributed by atoms with Crippen LogP contribution in [0.15, 0.2) is 0 Å². The van der Waals surface area contributed by atoms with Crippen LogP contribution in [0.25, 0.3) is 0 Å². The number of hydrogen-bond donors (Lipinski definition) is 2. The largest absolute Gasteiger partial charge is 0.350 e. The van der Waals surface area contributed by atoms with Crippen molar-refractivity contribution in [1.82, 2.24) is 5.32 Å². The molecule has 0 saturated heterocycles. The fraction of sp³-hybridized carbons (Fsp3) is 0.941. The molecule has 0 aliphatic carbocycles. The van der Waals surface area contributed by atoms with Crippen LogP contribution in [-0.2, 0) is 14.9 Å². The average Bonchev–Trinajstić information content (AvgIpc) is 2.34. The smallest absolute Gasteiger partial charge is 0.267 e. The van der Waals surface area contributed by atoms with E-state index in [0.717, 1.165) is 19.3 Å². The SMILES string of the molecule is CCC(C)CC(C)(C(=O)NC(C)(C)CS(=O)(=O)O)C(C)(C)CC. The second kappa shape index (κ2) is 7.51. The van der Waals surface area contributed by atoms with E-state index in [9.17, 15) is 13.2 Å². The number of carbonyl (C=O) groups is 1. The van der Waals surface area contributed by atoms with Crippen LogP contribution in [0.3, 0.4) is 0 Å². The summed E-state index contributed by atoms with van der Waals surface area (Å²) in [5.74, 6) is -0.267. The summed E-state index contributed by atoms with van der Waals surface area (Å²) in [6, 6.07) is 0. The van der Waals surface area contributed by atoms with Gasteiger partial charge in [0.05, 0.1) is 16.7 Å². The van der Waals surface area contributed by atoms with E-state index in [4.69, 9.17) is 4.55 Å². The van der Waals surface area contributed by atoms with Crippen LogP contribution in [0.2, 0.25) is 0 Å². The summed E-state index contributed by atoms with van der Waals surface area (Å²) in [7, 11) is -4.16. The zero-order valence-corrected chi connectivity index (χ0v) is 16.8. The van der Waals surface area contributed by atoms with Crippen LogP contribution in [-0.4, -0.2) is 30.2 Å². The Hall–Kier alpha value is -0.620. The van der Waals surface area contributed by atoms with Gasteiger partial charge < -0.3 is 5.32 Å². The Balaban J connectivity index is 5.54. The molecule has 6 heteroatoms. The van der Waals surface area contributed by atoms with Crippen molar-refractivity contribution in [3.05, 3.63) is 0 Å². The summed E-state index contributed by atoms with van der Waals surface area (Å²) < 4.78 is 31.4. The zero-order valence-electron chi connectivity index (χ0n) is 16.0. The van der Waals surface area contributed by atoms with Gasteiger partial charge in [-0.1, -0.05) is 48.0 Å². The molecule has 138 valence electrons. The first-order chi connectivity index (χ1) is 10.1. The summed E-state index contributed by atoms with van der Waals surface area (Å²) in [6.45, 7) is 15.6. The standard InChI is InChI=1S/C17H35NO4S/c1-9-13(3)11-17(8,15(4,5)10-2)14(19)18-16(6,7)12-23(20,21)22/h13H,9-12H2,1-8H3,(H,18,19)(H,20,21,22). The first-order valence-electron chi connectivity index (χ1n) is 8.38. The second-order valence-corrected chi connectivity index (χ2v) is 9.80. The lowest BCUT2D eigenvalue weighted by Gasteiger charge is -2.45. The molecule has 0 rings (SSSR count). The molecule has 0 bridgehead atoms. The molecule has 0 aromatic heterocycles. The van der Waals surface area contributed by atoms with Crippen molar-refractivity contribution in [3.8, 4) is 0 Å². The van der Waals surface area contributed by atoms with Crippen LogP contribution in [0.1, 0.15) is 74.7 Å². The van der Waals surface area contributed by atoms with Gasteiger partial charge >= 0.3 is 0 Å². The summed E-state index contributed by atoms with van der Waals surface area (Å²) in [4.78, 5) is 13.0. The van der Waals surface area contributed by atoms with Crippen molar-refractivity contribution in [3.63, 3.8) is 0 Å². The Morgan fingerprint density at radius 3 is 1.96 bits per heavy atom. The number of rotatable bonds is 9. The summed E-state index contributed by atoms with van der Waals surface area (Å²) in [5.41, 5.74) is -1.87. The Bertz CT molecular complexity index is 511. The minimum atomic E-state index is -4.16. The van der Waals surface area contributed by atoms with Gasteiger partial charge in [-0.2, -0.15) is 8.42 Å². The third-order valence-electron chi connectivity index (χ3n) is 5.33. The molecular weight excluding hydrogens is 314 g/mol. The average molecular weight is 350 g/mol. The van der Waals surface area contributed by atoms with Crippen LogP contribution >= 0.6 is 0 Å². The van der Waals surface area contributed by atoms with E-state index in [0.29, 0.717) is 5.92 Å². The highest BCUT2D eigenvalue weighted by Crippen LogP contribution is 2.46. The van der Waals surface area contributed by atoms with Crippen LogP contribution in [0, 0.1) is 16.7 Å². The molecule has 2 unspecified atom stereocenters. The highest BCUT2D eigenvalue weighted by molar-refractivity contribution is 7.85. The molecule has 1 amide bonds. The van der Waals surface area contributed by atoms with Crippen molar-refractivity contribution in [2.24, 2.45) is 16.7 Å². The number of nitrogens with one attached hydrogen (secondary N) is 1. The molecule has 23 heavy (non-hydrogen) atoms. The lowest BCUT2D eigenvalue weighted by Crippen LogP contribution is -2.56. The summed E-state index contributed by atoms with van der Waals surface area (Å²) in [6.07, 6.45) is 2.56. The lowest BCUT2D eigenvalue weighted by molar-refractivity contribution is -0.140. The minimum Gasteiger partial charge on any atom is -0.350 e. The molecule has 0 radical (unpaired) electrons. The van der Waals surface area contributed by atoms with Crippen LogP contribution in [0.4, 0.5) is 0 Å². The Labute approximate surface area is 142 Å². The molecular formula is C17H35NO4S. The quantitative estimate of drug-likeness (QED) is 0.622. The fourth-order valence-corrected chi connectivity index (χ4v) is 3.83. The molecule has 0 fully saturated rings. The van der Waals surface area contributed by atoms with Crippen molar-refractivity contribution in [2.75, 3.05) is 5.75 Å². The van der Waals surface area contributed by atoms with Gasteiger partial charge in [0.1, 0.15) is 0 Å². The van der Waals surface area contributed by atoms with Gasteiger partial charge in [-0.3, -0.25) is 9.35 Å². The van der Waals surface area contributed by atoms with Gasteiger partial charge in [0, 0.05) is 0 Å². The van der Waals surface area contributed by atoms with E-state index in [1.807, 2.05) is 6.92 Å². The van der Waals surface area contributed by atoms with Crippen LogP contribution in [0.5, 0.6) is 0 Å². The maximum atomic E-state index is 13.0. The molecule has 0 aliphatic heterocycles. The molecule has 5 nitrogen and oxygen atoms in total. The van der Waals surface area contributed by atoms with Gasteiger partial charge in [0.25, 0.3) is 10.1 Å². The van der Waals surface area contributed by atoms with Crippen LogP contribution < -0.4 is 5.32 Å². The molecule has 2 atom stereocenters. The van der Waals surface area contributed by atoms with E-state index in [2.05, 4.69) is 39.9 Å². The highest BCUT2D eigenvalue weighted by Gasteiger charge is 2.47. The fourth-order valence-electron chi connectivity index (χ4n) is 2.85. The maximum absolute atomic E-state index is 13.0.